The summed E-state index contributed by atoms with van der Waals surface area (Å²) in [5.41, 5.74) is 0.842. The maximum absolute atomic E-state index is 12.4. The number of amides is 2. The average molecular weight is 385 g/mol. The molecule has 2 aliphatic rings. The first-order chi connectivity index (χ1) is 11.5. The van der Waals surface area contributed by atoms with Crippen molar-refractivity contribution in [2.75, 3.05) is 17.8 Å². The summed E-state index contributed by atoms with van der Waals surface area (Å²) in [5, 5.41) is 13.8. The van der Waals surface area contributed by atoms with Crippen molar-refractivity contribution in [1.29, 1.82) is 0 Å². The van der Waals surface area contributed by atoms with Gasteiger partial charge in [-0.05, 0) is 23.3 Å². The third-order valence-electron chi connectivity index (χ3n) is 3.80. The first kappa shape index (κ1) is 17.4. The molecule has 9 heteroatoms. The summed E-state index contributed by atoms with van der Waals surface area (Å²) in [6.45, 7) is 0. The molecule has 0 aliphatic carbocycles. The molecule has 1 aromatic heterocycles. The maximum Gasteiger partial charge on any atom is 0.352 e. The molecular weight excluding hydrogens is 368 g/mol. The normalized spacial score (nSPS) is 22.9. The highest BCUT2D eigenvalue weighted by molar-refractivity contribution is 8.00. The minimum absolute atomic E-state index is 0.0851. The molecule has 0 saturated carbocycles. The second-order valence-corrected chi connectivity index (χ2v) is 8.40. The van der Waals surface area contributed by atoms with Crippen molar-refractivity contribution in [1.82, 2.24) is 10.2 Å². The molecule has 0 radical (unpaired) electrons. The van der Waals surface area contributed by atoms with Gasteiger partial charge in [0.1, 0.15) is 17.1 Å². The zero-order chi connectivity index (χ0) is 17.3. The number of rotatable bonds is 6. The molecule has 128 valence electrons. The van der Waals surface area contributed by atoms with Crippen molar-refractivity contribution in [3.8, 4) is 0 Å². The second kappa shape index (κ2) is 7.20. The minimum Gasteiger partial charge on any atom is -0.477 e. The van der Waals surface area contributed by atoms with Crippen molar-refractivity contribution in [3.05, 3.63) is 33.7 Å². The molecule has 2 aliphatic heterocycles. The molecular formula is C15H16N2O4S3. The number of nitrogens with one attached hydrogen (secondary N) is 1. The van der Waals surface area contributed by atoms with E-state index in [0.717, 1.165) is 10.5 Å². The van der Waals surface area contributed by atoms with Gasteiger partial charge in [-0.2, -0.15) is 11.8 Å². The highest BCUT2D eigenvalue weighted by Crippen LogP contribution is 2.40. The summed E-state index contributed by atoms with van der Waals surface area (Å²) in [4.78, 5) is 38.3. The highest BCUT2D eigenvalue weighted by Gasteiger charge is 2.54. The fraction of sp³-hybridized carbons (Fsp3) is 0.400. The molecule has 6 nitrogen and oxygen atoms in total. The van der Waals surface area contributed by atoms with E-state index in [1.54, 1.807) is 0 Å². The Balaban J connectivity index is 1.70. The van der Waals surface area contributed by atoms with Gasteiger partial charge >= 0.3 is 5.97 Å². The number of carboxylic acids is 1. The molecule has 1 aromatic rings. The Bertz CT molecular complexity index is 702. The van der Waals surface area contributed by atoms with E-state index >= 15 is 0 Å². The lowest BCUT2D eigenvalue weighted by Gasteiger charge is -2.49. The van der Waals surface area contributed by atoms with E-state index < -0.39 is 12.0 Å². The number of hydrogen-bond acceptors (Lipinski definition) is 6. The number of hydrogen-bond donors (Lipinski definition) is 2. The number of β-lactam (4-membered cyclic amide) rings is 1. The number of thioether (sulfide) groups is 2. The van der Waals surface area contributed by atoms with E-state index in [-0.39, 0.29) is 29.3 Å². The summed E-state index contributed by atoms with van der Waals surface area (Å²) in [7, 11) is 0. The number of nitrogens with zero attached hydrogens (tertiary/aromatic N) is 1. The summed E-state index contributed by atoms with van der Waals surface area (Å²) in [6.07, 6.45) is 2.13. The third-order valence-corrected chi connectivity index (χ3v) is 6.65. The van der Waals surface area contributed by atoms with Crippen molar-refractivity contribution in [3.63, 3.8) is 0 Å². The van der Waals surface area contributed by atoms with E-state index in [4.69, 9.17) is 0 Å². The fourth-order valence-corrected chi connectivity index (χ4v) is 5.53. The van der Waals surface area contributed by atoms with Gasteiger partial charge in [0.05, 0.1) is 6.42 Å². The van der Waals surface area contributed by atoms with Crippen molar-refractivity contribution in [2.24, 2.45) is 0 Å². The van der Waals surface area contributed by atoms with Crippen LogP contribution in [0.3, 0.4) is 0 Å². The predicted octanol–water partition coefficient (Wildman–Crippen LogP) is 1.39. The predicted molar refractivity (Wildman–Crippen MR) is 96.1 cm³/mol. The molecule has 1 saturated heterocycles. The summed E-state index contributed by atoms with van der Waals surface area (Å²) in [6, 6.07) is 3.10. The van der Waals surface area contributed by atoms with Gasteiger partial charge in [-0.15, -0.1) is 23.1 Å². The Hall–Kier alpha value is -1.45. The number of aliphatic carboxylic acids is 1. The zero-order valence-electron chi connectivity index (χ0n) is 12.9. The van der Waals surface area contributed by atoms with Gasteiger partial charge in [0.25, 0.3) is 5.91 Å². The standard InChI is InChI=1S/C15H16N2O4S3/c1-22-6-8-7-24-14-11(13(19)17(14)12(8)15(20)21)16-10(18)5-9-3-2-4-23-9/h2-4,11,14H,5-7H2,1H3,(H,16,18)(H,20,21)/t11?,14-/m1/s1. The van der Waals surface area contributed by atoms with E-state index in [0.29, 0.717) is 11.5 Å². The molecule has 2 N–H and O–H groups in total. The third kappa shape index (κ3) is 3.20. The quantitative estimate of drug-likeness (QED) is 0.721. The number of carbonyl (C=O) groups is 3. The van der Waals surface area contributed by atoms with Crippen molar-refractivity contribution >= 4 is 52.6 Å². The maximum atomic E-state index is 12.4. The minimum atomic E-state index is -1.08. The van der Waals surface area contributed by atoms with Crippen LogP contribution in [-0.4, -0.2) is 57.0 Å². The zero-order valence-corrected chi connectivity index (χ0v) is 15.3. The number of thiophene rings is 1. The summed E-state index contributed by atoms with van der Waals surface area (Å²) in [5.74, 6) is -0.495. The van der Waals surface area contributed by atoms with Crippen LogP contribution in [-0.2, 0) is 20.8 Å². The molecule has 0 spiro atoms. The summed E-state index contributed by atoms with van der Waals surface area (Å²) >= 11 is 4.52. The van der Waals surface area contributed by atoms with Crippen molar-refractivity contribution in [2.45, 2.75) is 17.8 Å². The Labute approximate surface area is 151 Å². The van der Waals surface area contributed by atoms with E-state index in [1.165, 1.54) is 39.8 Å². The van der Waals surface area contributed by atoms with Crippen LogP contribution in [0.2, 0.25) is 0 Å². The number of carbonyl (C=O) groups excluding carboxylic acids is 2. The Kier molecular flexibility index (Phi) is 5.21. The van der Waals surface area contributed by atoms with E-state index in [1.807, 2.05) is 23.8 Å². The average Bonchev–Trinajstić information content (AvgIpc) is 3.05. The van der Waals surface area contributed by atoms with Gasteiger partial charge < -0.3 is 10.4 Å². The van der Waals surface area contributed by atoms with Gasteiger partial charge in [0, 0.05) is 16.4 Å². The Morgan fingerprint density at radius 2 is 2.29 bits per heavy atom. The van der Waals surface area contributed by atoms with E-state index in [9.17, 15) is 19.5 Å². The molecule has 2 atom stereocenters. The Morgan fingerprint density at radius 1 is 1.50 bits per heavy atom. The van der Waals surface area contributed by atoms with Gasteiger partial charge in [0.2, 0.25) is 5.91 Å². The highest BCUT2D eigenvalue weighted by atomic mass is 32.2. The monoisotopic (exact) mass is 384 g/mol. The van der Waals surface area contributed by atoms with Crippen LogP contribution >= 0.6 is 34.9 Å². The molecule has 24 heavy (non-hydrogen) atoms. The smallest absolute Gasteiger partial charge is 0.352 e. The fourth-order valence-electron chi connectivity index (χ4n) is 2.76. The van der Waals surface area contributed by atoms with E-state index in [2.05, 4.69) is 5.32 Å². The van der Waals surface area contributed by atoms with Crippen LogP contribution in [0.1, 0.15) is 4.88 Å². The second-order valence-electron chi connectivity index (χ2n) is 5.40. The van der Waals surface area contributed by atoms with Crippen LogP contribution in [0.25, 0.3) is 0 Å². The van der Waals surface area contributed by atoms with Crippen LogP contribution in [0.5, 0.6) is 0 Å². The SMILES string of the molecule is CSCC1=C(C(=O)O)N2C(=O)C(NC(=O)Cc3cccs3)[C@H]2SC1. The van der Waals surface area contributed by atoms with Crippen LogP contribution in [0.15, 0.2) is 28.8 Å². The number of carboxylic acid groups (broad SMARTS) is 1. The molecule has 0 aromatic carbocycles. The molecule has 3 heterocycles. The molecule has 3 rings (SSSR count). The van der Waals surface area contributed by atoms with Crippen molar-refractivity contribution < 1.29 is 19.5 Å². The first-order valence-corrected chi connectivity index (χ1v) is 10.6. The summed E-state index contributed by atoms with van der Waals surface area (Å²) < 4.78 is 0. The first-order valence-electron chi connectivity index (χ1n) is 7.23. The van der Waals surface area contributed by atoms with Crippen LogP contribution < -0.4 is 5.32 Å². The lowest BCUT2D eigenvalue weighted by Crippen LogP contribution is -2.70. The van der Waals surface area contributed by atoms with Gasteiger partial charge in [-0.1, -0.05) is 6.07 Å². The molecule has 1 unspecified atom stereocenters. The Morgan fingerprint density at radius 3 is 2.92 bits per heavy atom. The van der Waals surface area contributed by atoms with Gasteiger partial charge in [0.15, 0.2) is 0 Å². The van der Waals surface area contributed by atoms with Crippen LogP contribution in [0, 0.1) is 0 Å². The lowest BCUT2D eigenvalue weighted by molar-refractivity contribution is -0.150. The van der Waals surface area contributed by atoms with Crippen LogP contribution in [0.4, 0.5) is 0 Å². The topological polar surface area (TPSA) is 86.7 Å². The van der Waals surface area contributed by atoms with Gasteiger partial charge in [-0.3, -0.25) is 14.5 Å². The molecule has 0 bridgehead atoms. The number of fused-ring (bicyclic) bond motifs is 1. The molecule has 2 amide bonds. The van der Waals surface area contributed by atoms with Gasteiger partial charge in [-0.25, -0.2) is 4.79 Å². The molecule has 1 fully saturated rings. The lowest BCUT2D eigenvalue weighted by atomic mass is 10.0. The largest absolute Gasteiger partial charge is 0.477 e.